The number of hydrogen-bond acceptors (Lipinski definition) is 5. The quantitative estimate of drug-likeness (QED) is 0.652. The van der Waals surface area contributed by atoms with Crippen LogP contribution in [0.2, 0.25) is 0 Å². The van der Waals surface area contributed by atoms with Crippen LogP contribution in [0.15, 0.2) is 24.4 Å². The van der Waals surface area contributed by atoms with Crippen LogP contribution in [0.3, 0.4) is 0 Å². The molecule has 0 spiro atoms. The molecule has 0 aliphatic carbocycles. The van der Waals surface area contributed by atoms with Crippen LogP contribution in [0.1, 0.15) is 28.4 Å². The molecule has 24 heavy (non-hydrogen) atoms. The van der Waals surface area contributed by atoms with Gasteiger partial charge in [-0.05, 0) is 28.5 Å². The number of nitrogens with zero attached hydrogens (tertiary/aromatic N) is 3. The molecule has 3 rings (SSSR count). The van der Waals surface area contributed by atoms with Crippen LogP contribution in [-0.4, -0.2) is 38.4 Å². The molecule has 2 amide bonds. The Balaban J connectivity index is 1.85. The van der Waals surface area contributed by atoms with Crippen LogP contribution in [0.4, 0.5) is 11.5 Å². The largest absolute Gasteiger partial charge is 0.358 e. The maximum atomic E-state index is 12.6. The van der Waals surface area contributed by atoms with Gasteiger partial charge in [0.05, 0.1) is 6.20 Å². The Kier molecular flexibility index (Phi) is 3.98. The summed E-state index contributed by atoms with van der Waals surface area (Å²) in [5.74, 6) is -1.00. The van der Waals surface area contributed by atoms with Gasteiger partial charge in [0, 0.05) is 25.7 Å². The number of aromatic nitrogens is 2. The molecule has 1 aromatic heterocycles. The van der Waals surface area contributed by atoms with Gasteiger partial charge in [0.1, 0.15) is 0 Å². The standard InChI is InChI=1S/C15H15N5O4/c1-9(21)17-13-4-2-3-10-8-19(6-5-11(10)13)15(22)12-7-16-18-14(12)20(23)24/h2-4,7H,5-6,8H2,1H3,(H,16,18)(H,17,21). The summed E-state index contributed by atoms with van der Waals surface area (Å²) in [4.78, 5) is 35.6. The second-order valence-electron chi connectivity index (χ2n) is 5.49. The van der Waals surface area contributed by atoms with Gasteiger partial charge in [-0.3, -0.25) is 9.59 Å². The number of rotatable bonds is 3. The van der Waals surface area contributed by atoms with Crippen molar-refractivity contribution >= 4 is 23.3 Å². The molecule has 2 N–H and O–H groups in total. The summed E-state index contributed by atoms with van der Waals surface area (Å²) < 4.78 is 0. The highest BCUT2D eigenvalue weighted by Gasteiger charge is 2.29. The number of carbonyl (C=O) groups excluding carboxylic acids is 2. The van der Waals surface area contributed by atoms with Gasteiger partial charge in [-0.25, -0.2) is 0 Å². The van der Waals surface area contributed by atoms with E-state index in [9.17, 15) is 19.7 Å². The van der Waals surface area contributed by atoms with Crippen molar-refractivity contribution in [1.29, 1.82) is 0 Å². The van der Waals surface area contributed by atoms with E-state index in [1.54, 1.807) is 6.07 Å². The third kappa shape index (κ3) is 2.83. The van der Waals surface area contributed by atoms with Gasteiger partial charge < -0.3 is 20.3 Å². The Bertz CT molecular complexity index is 829. The first-order chi connectivity index (χ1) is 11.5. The number of nitro groups is 1. The van der Waals surface area contributed by atoms with E-state index in [1.807, 2.05) is 12.1 Å². The maximum Gasteiger partial charge on any atom is 0.355 e. The number of benzene rings is 1. The van der Waals surface area contributed by atoms with Gasteiger partial charge in [-0.1, -0.05) is 17.2 Å². The van der Waals surface area contributed by atoms with E-state index in [-0.39, 0.29) is 11.5 Å². The zero-order valence-corrected chi connectivity index (χ0v) is 12.9. The van der Waals surface area contributed by atoms with E-state index in [2.05, 4.69) is 15.5 Å². The fourth-order valence-electron chi connectivity index (χ4n) is 2.83. The Morgan fingerprint density at radius 1 is 1.42 bits per heavy atom. The molecule has 124 valence electrons. The first kappa shape index (κ1) is 15.7. The van der Waals surface area contributed by atoms with E-state index in [1.165, 1.54) is 18.0 Å². The molecule has 9 nitrogen and oxygen atoms in total. The normalized spacial score (nSPS) is 13.3. The SMILES string of the molecule is CC(=O)Nc1cccc2c1CCN(C(=O)c1cn[nH]c1[N+](=O)[O-])C2. The lowest BCUT2D eigenvalue weighted by atomic mass is 9.97. The summed E-state index contributed by atoms with van der Waals surface area (Å²) in [6.45, 7) is 2.17. The molecule has 1 aliphatic heterocycles. The Morgan fingerprint density at radius 2 is 2.21 bits per heavy atom. The predicted molar refractivity (Wildman–Crippen MR) is 84.4 cm³/mol. The van der Waals surface area contributed by atoms with Crippen molar-refractivity contribution in [3.05, 3.63) is 51.2 Å². The summed E-state index contributed by atoms with van der Waals surface area (Å²) in [6, 6.07) is 5.50. The number of aromatic amines is 1. The first-order valence-corrected chi connectivity index (χ1v) is 7.32. The lowest BCUT2D eigenvalue weighted by Gasteiger charge is -2.29. The minimum absolute atomic E-state index is 0.0542. The number of H-pyrrole nitrogens is 1. The van der Waals surface area contributed by atoms with Gasteiger partial charge in [0.25, 0.3) is 5.91 Å². The molecule has 0 fully saturated rings. The van der Waals surface area contributed by atoms with Gasteiger partial charge in [-0.15, -0.1) is 5.10 Å². The molecule has 2 heterocycles. The van der Waals surface area contributed by atoms with Gasteiger partial charge in [-0.2, -0.15) is 0 Å². The zero-order chi connectivity index (χ0) is 17.3. The van der Waals surface area contributed by atoms with Crippen molar-refractivity contribution in [2.45, 2.75) is 19.9 Å². The molecular weight excluding hydrogens is 314 g/mol. The number of hydrogen-bond donors (Lipinski definition) is 2. The predicted octanol–water partition coefficient (Wildman–Crippen LogP) is 1.47. The maximum absolute atomic E-state index is 12.6. The average molecular weight is 329 g/mol. The van der Waals surface area contributed by atoms with E-state index in [0.29, 0.717) is 19.5 Å². The summed E-state index contributed by atoms with van der Waals surface area (Å²) in [6.07, 6.45) is 1.73. The van der Waals surface area contributed by atoms with Gasteiger partial charge >= 0.3 is 5.82 Å². The van der Waals surface area contributed by atoms with Crippen LogP contribution in [0, 0.1) is 10.1 Å². The number of carbonyl (C=O) groups is 2. The summed E-state index contributed by atoms with van der Waals surface area (Å²) in [5, 5.41) is 19.5. The Labute approximate surface area is 136 Å². The smallest absolute Gasteiger partial charge is 0.355 e. The van der Waals surface area contributed by atoms with Gasteiger partial charge in [0.15, 0.2) is 5.56 Å². The van der Waals surface area contributed by atoms with Crippen molar-refractivity contribution < 1.29 is 14.5 Å². The highest BCUT2D eigenvalue weighted by atomic mass is 16.6. The fraction of sp³-hybridized carbons (Fsp3) is 0.267. The van der Waals surface area contributed by atoms with Crippen LogP contribution in [0.5, 0.6) is 0 Å². The molecule has 0 saturated heterocycles. The lowest BCUT2D eigenvalue weighted by molar-refractivity contribution is -0.389. The molecule has 0 atom stereocenters. The molecule has 2 aromatic rings. The van der Waals surface area contributed by atoms with Crippen molar-refractivity contribution in [3.8, 4) is 0 Å². The molecule has 0 bridgehead atoms. The van der Waals surface area contributed by atoms with E-state index in [0.717, 1.165) is 16.8 Å². The number of anilines is 1. The van der Waals surface area contributed by atoms with Crippen molar-refractivity contribution in [2.75, 3.05) is 11.9 Å². The van der Waals surface area contributed by atoms with Crippen LogP contribution < -0.4 is 5.32 Å². The van der Waals surface area contributed by atoms with Crippen LogP contribution in [0.25, 0.3) is 0 Å². The number of fused-ring (bicyclic) bond motifs is 1. The van der Waals surface area contributed by atoms with Crippen molar-refractivity contribution in [1.82, 2.24) is 15.1 Å². The third-order valence-corrected chi connectivity index (χ3v) is 3.90. The zero-order valence-electron chi connectivity index (χ0n) is 12.9. The molecule has 0 saturated carbocycles. The highest BCUT2D eigenvalue weighted by Crippen LogP contribution is 2.28. The minimum Gasteiger partial charge on any atom is -0.358 e. The average Bonchev–Trinajstić information content (AvgIpc) is 3.03. The second-order valence-corrected chi connectivity index (χ2v) is 5.49. The highest BCUT2D eigenvalue weighted by molar-refractivity contribution is 5.97. The molecule has 1 aromatic carbocycles. The summed E-state index contributed by atoms with van der Waals surface area (Å²) >= 11 is 0. The van der Waals surface area contributed by atoms with Crippen molar-refractivity contribution in [2.24, 2.45) is 0 Å². The molecular formula is C15H15N5O4. The number of nitrogens with one attached hydrogen (secondary N) is 2. The van der Waals surface area contributed by atoms with E-state index in [4.69, 9.17) is 0 Å². The van der Waals surface area contributed by atoms with E-state index >= 15 is 0 Å². The first-order valence-electron chi connectivity index (χ1n) is 7.32. The summed E-state index contributed by atoms with van der Waals surface area (Å²) in [5.41, 5.74) is 2.58. The molecule has 0 radical (unpaired) electrons. The Hall–Kier alpha value is -3.23. The minimum atomic E-state index is -0.660. The molecule has 9 heteroatoms. The van der Waals surface area contributed by atoms with Crippen LogP contribution >= 0.6 is 0 Å². The van der Waals surface area contributed by atoms with Gasteiger partial charge in [0.2, 0.25) is 5.91 Å². The second kappa shape index (κ2) is 6.11. The molecule has 1 aliphatic rings. The van der Waals surface area contributed by atoms with Crippen LogP contribution in [-0.2, 0) is 17.8 Å². The topological polar surface area (TPSA) is 121 Å². The van der Waals surface area contributed by atoms with Crippen molar-refractivity contribution in [3.63, 3.8) is 0 Å². The fourth-order valence-corrected chi connectivity index (χ4v) is 2.83. The van der Waals surface area contributed by atoms with E-state index < -0.39 is 16.6 Å². The summed E-state index contributed by atoms with van der Waals surface area (Å²) in [7, 11) is 0. The number of amides is 2. The molecule has 0 unspecified atom stereocenters. The lowest BCUT2D eigenvalue weighted by Crippen LogP contribution is -2.36. The Morgan fingerprint density at radius 3 is 2.92 bits per heavy atom. The monoisotopic (exact) mass is 329 g/mol. The third-order valence-electron chi connectivity index (χ3n) is 3.90.